The van der Waals surface area contributed by atoms with Crippen molar-refractivity contribution in [2.75, 3.05) is 41.3 Å². The van der Waals surface area contributed by atoms with Crippen molar-refractivity contribution < 1.29 is 9.59 Å². The molecule has 0 saturated carbocycles. The zero-order valence-electron chi connectivity index (χ0n) is 22.5. The van der Waals surface area contributed by atoms with Crippen molar-refractivity contribution in [3.05, 3.63) is 115 Å². The number of hydrogen-bond donors (Lipinski definition) is 1. The Kier molecular flexibility index (Phi) is 7.02. The van der Waals surface area contributed by atoms with Crippen LogP contribution in [-0.2, 0) is 11.2 Å². The molecule has 0 spiro atoms. The second-order valence-electron chi connectivity index (χ2n) is 9.91. The van der Waals surface area contributed by atoms with E-state index in [1.165, 1.54) is 0 Å². The molecule has 1 N–H and O–H groups in total. The van der Waals surface area contributed by atoms with Gasteiger partial charge in [0.05, 0.1) is 0 Å². The molecule has 2 aromatic carbocycles. The smallest absolute Gasteiger partial charge is 0.298 e. The molecule has 0 aliphatic carbocycles. The minimum atomic E-state index is -0.663. The summed E-state index contributed by atoms with van der Waals surface area (Å²) in [7, 11) is 0. The number of piperazine rings is 1. The number of amides is 1. The second-order valence-corrected chi connectivity index (χ2v) is 9.91. The number of carbonyl (C=O) groups excluding carboxylic acids is 2. The van der Waals surface area contributed by atoms with E-state index in [2.05, 4.69) is 40.2 Å². The minimum Gasteiger partial charge on any atom is -0.368 e. The van der Waals surface area contributed by atoms with Gasteiger partial charge in [0.2, 0.25) is 0 Å². The van der Waals surface area contributed by atoms with Gasteiger partial charge in [-0.1, -0.05) is 49.4 Å². The first-order valence-electron chi connectivity index (χ1n) is 13.7. The number of rotatable bonds is 7. The van der Waals surface area contributed by atoms with E-state index in [4.69, 9.17) is 4.98 Å². The predicted octanol–water partition coefficient (Wildman–Crippen LogP) is 5.71. The summed E-state index contributed by atoms with van der Waals surface area (Å²) in [5.41, 5.74) is 5.62. The molecule has 1 amide bonds. The first kappa shape index (κ1) is 25.4. The topological polar surface area (TPSA) is 70.0 Å². The Morgan fingerprint density at radius 2 is 1.52 bits per heavy atom. The summed E-state index contributed by atoms with van der Waals surface area (Å²) >= 11 is 0. The molecule has 40 heavy (non-hydrogen) atoms. The Balaban J connectivity index is 1.14. The number of fused-ring (bicyclic) bond motifs is 1. The number of anilines is 3. The quantitative estimate of drug-likeness (QED) is 0.216. The highest BCUT2D eigenvalue weighted by Crippen LogP contribution is 2.29. The minimum absolute atomic E-state index is 0.354. The summed E-state index contributed by atoms with van der Waals surface area (Å²) in [4.78, 5) is 36.0. The van der Waals surface area contributed by atoms with E-state index in [9.17, 15) is 9.59 Å². The molecule has 0 bridgehead atoms. The monoisotopic (exact) mass is 529 g/mol. The number of benzene rings is 2. The molecule has 7 nitrogen and oxygen atoms in total. The summed E-state index contributed by atoms with van der Waals surface area (Å²) in [6.45, 7) is 5.67. The van der Waals surface area contributed by atoms with Crippen molar-refractivity contribution in [1.29, 1.82) is 0 Å². The van der Waals surface area contributed by atoms with Gasteiger partial charge in [0.25, 0.3) is 11.7 Å². The van der Waals surface area contributed by atoms with Gasteiger partial charge in [-0.3, -0.25) is 9.59 Å². The van der Waals surface area contributed by atoms with Gasteiger partial charge in [-0.15, -0.1) is 0 Å². The van der Waals surface area contributed by atoms with Crippen LogP contribution in [-0.4, -0.2) is 47.3 Å². The van der Waals surface area contributed by atoms with Crippen LogP contribution in [0.4, 0.5) is 17.2 Å². The highest BCUT2D eigenvalue weighted by atomic mass is 16.2. The van der Waals surface area contributed by atoms with Gasteiger partial charge >= 0.3 is 0 Å². The number of aromatic nitrogens is 2. The van der Waals surface area contributed by atoms with E-state index in [0.29, 0.717) is 11.4 Å². The SMILES string of the molecule is CCc1cccc(N2CCN(c3ccc(NC(=O)C(=O)c4c(-c5ccccc5)cc5ccccn45)cc3)CC2)n1. The molecular formula is C33H31N5O2. The zero-order valence-corrected chi connectivity index (χ0v) is 22.5. The summed E-state index contributed by atoms with van der Waals surface area (Å²) in [5, 5.41) is 2.81. The molecule has 0 radical (unpaired) electrons. The average molecular weight is 530 g/mol. The van der Waals surface area contributed by atoms with Crippen LogP contribution in [0.3, 0.4) is 0 Å². The average Bonchev–Trinajstić information content (AvgIpc) is 3.41. The third-order valence-corrected chi connectivity index (χ3v) is 7.43. The Bertz CT molecular complexity index is 1650. The van der Waals surface area contributed by atoms with Crippen molar-refractivity contribution in [3.8, 4) is 11.1 Å². The number of hydrogen-bond acceptors (Lipinski definition) is 5. The number of nitrogens with one attached hydrogen (secondary N) is 1. The molecule has 1 aliphatic rings. The molecule has 0 atom stereocenters. The lowest BCUT2D eigenvalue weighted by Gasteiger charge is -2.37. The Hall–Kier alpha value is -4.91. The summed E-state index contributed by atoms with van der Waals surface area (Å²) in [6, 6.07) is 31.2. The number of nitrogens with zero attached hydrogens (tertiary/aromatic N) is 4. The third kappa shape index (κ3) is 5.06. The Morgan fingerprint density at radius 1 is 0.800 bits per heavy atom. The van der Waals surface area contributed by atoms with Gasteiger partial charge in [-0.05, 0) is 66.6 Å². The first-order chi connectivity index (χ1) is 19.6. The molecule has 1 fully saturated rings. The van der Waals surface area contributed by atoms with Crippen LogP contribution >= 0.6 is 0 Å². The number of ketones is 1. The fourth-order valence-corrected chi connectivity index (χ4v) is 5.28. The first-order valence-corrected chi connectivity index (χ1v) is 13.7. The number of carbonyl (C=O) groups is 2. The molecular weight excluding hydrogens is 498 g/mol. The number of pyridine rings is 2. The maximum atomic E-state index is 13.5. The van der Waals surface area contributed by atoms with Crippen LogP contribution in [0, 0.1) is 0 Å². The second kappa shape index (κ2) is 11.1. The summed E-state index contributed by atoms with van der Waals surface area (Å²) < 4.78 is 1.78. The van der Waals surface area contributed by atoms with Crippen LogP contribution < -0.4 is 15.1 Å². The molecule has 1 aliphatic heterocycles. The van der Waals surface area contributed by atoms with Gasteiger partial charge in [0.15, 0.2) is 0 Å². The molecule has 1 saturated heterocycles. The van der Waals surface area contributed by atoms with Crippen molar-refractivity contribution in [3.63, 3.8) is 0 Å². The van der Waals surface area contributed by atoms with Crippen molar-refractivity contribution in [2.45, 2.75) is 13.3 Å². The molecule has 0 unspecified atom stereocenters. The third-order valence-electron chi connectivity index (χ3n) is 7.43. The van der Waals surface area contributed by atoms with Crippen molar-refractivity contribution in [1.82, 2.24) is 9.38 Å². The lowest BCUT2D eigenvalue weighted by molar-refractivity contribution is -0.112. The van der Waals surface area contributed by atoms with Crippen LogP contribution in [0.2, 0.25) is 0 Å². The Labute approximate surface area is 233 Å². The molecule has 4 heterocycles. The van der Waals surface area contributed by atoms with Crippen LogP contribution in [0.5, 0.6) is 0 Å². The summed E-state index contributed by atoms with van der Waals surface area (Å²) in [6.07, 6.45) is 2.74. The zero-order chi connectivity index (χ0) is 27.5. The predicted molar refractivity (Wildman–Crippen MR) is 160 cm³/mol. The van der Waals surface area contributed by atoms with E-state index >= 15 is 0 Å². The van der Waals surface area contributed by atoms with Crippen molar-refractivity contribution in [2.24, 2.45) is 0 Å². The lowest BCUT2D eigenvalue weighted by Crippen LogP contribution is -2.46. The normalized spacial score (nSPS) is 13.4. The fraction of sp³-hybridized carbons (Fsp3) is 0.182. The fourth-order valence-electron chi connectivity index (χ4n) is 5.28. The van der Waals surface area contributed by atoms with Crippen LogP contribution in [0.1, 0.15) is 23.1 Å². The largest absolute Gasteiger partial charge is 0.368 e. The lowest BCUT2D eigenvalue weighted by atomic mass is 10.0. The van der Waals surface area contributed by atoms with Crippen LogP contribution in [0.15, 0.2) is 103 Å². The summed E-state index contributed by atoms with van der Waals surface area (Å²) in [5.74, 6) is -0.205. The Morgan fingerprint density at radius 3 is 2.27 bits per heavy atom. The van der Waals surface area contributed by atoms with E-state index < -0.39 is 11.7 Å². The van der Waals surface area contributed by atoms with Gasteiger partial charge in [0.1, 0.15) is 11.5 Å². The highest BCUT2D eigenvalue weighted by Gasteiger charge is 2.25. The molecule has 200 valence electrons. The van der Waals surface area contributed by atoms with Gasteiger partial charge in [-0.25, -0.2) is 4.98 Å². The number of aryl methyl sites for hydroxylation is 1. The maximum Gasteiger partial charge on any atom is 0.298 e. The van der Waals surface area contributed by atoms with Gasteiger partial charge in [0, 0.05) is 60.5 Å². The maximum absolute atomic E-state index is 13.5. The molecule has 3 aromatic heterocycles. The van der Waals surface area contributed by atoms with E-state index in [1.807, 2.05) is 85.1 Å². The molecule has 5 aromatic rings. The van der Waals surface area contributed by atoms with Gasteiger partial charge < -0.3 is 19.5 Å². The standard InChI is InChI=1S/C33H31N5O2/c1-2-25-11-8-13-30(34-25)37-21-19-36(20-22-37)27-16-14-26(15-17-27)35-33(40)32(39)31-29(24-9-4-3-5-10-24)23-28-12-6-7-18-38(28)31/h3-18,23H,2,19-22H2,1H3,(H,35,40). The van der Waals surface area contributed by atoms with Crippen molar-refractivity contribution >= 4 is 34.4 Å². The molecule has 7 heteroatoms. The van der Waals surface area contributed by atoms with Crippen LogP contribution in [0.25, 0.3) is 16.6 Å². The number of Topliss-reactive ketones (excluding diaryl/α,β-unsaturated/α-hetero) is 1. The highest BCUT2D eigenvalue weighted by molar-refractivity contribution is 6.47. The van der Waals surface area contributed by atoms with E-state index in [0.717, 1.165) is 66.4 Å². The molecule has 6 rings (SSSR count). The van der Waals surface area contributed by atoms with E-state index in [1.54, 1.807) is 4.40 Å². The van der Waals surface area contributed by atoms with E-state index in [-0.39, 0.29) is 0 Å². The van der Waals surface area contributed by atoms with Gasteiger partial charge in [-0.2, -0.15) is 0 Å².